The third-order valence-electron chi connectivity index (χ3n) is 5.17. The predicted molar refractivity (Wildman–Crippen MR) is 111 cm³/mol. The molecule has 0 radical (unpaired) electrons. The van der Waals surface area contributed by atoms with Crippen LogP contribution in [-0.2, 0) is 11.2 Å². The summed E-state index contributed by atoms with van der Waals surface area (Å²) in [5, 5.41) is 0. The molecule has 0 atom stereocenters. The van der Waals surface area contributed by atoms with E-state index in [1.165, 1.54) is 5.69 Å². The summed E-state index contributed by atoms with van der Waals surface area (Å²) in [6, 6.07) is 14.1. The molecule has 0 saturated carbocycles. The number of carbonyl (C=O) groups is 1. The zero-order valence-electron chi connectivity index (χ0n) is 16.4. The maximum absolute atomic E-state index is 12.7. The average Bonchev–Trinajstić information content (AvgIpc) is 3.09. The highest BCUT2D eigenvalue weighted by atomic mass is 16.5. The van der Waals surface area contributed by atoms with E-state index in [1.807, 2.05) is 43.0 Å². The maximum atomic E-state index is 12.7. The molecule has 1 aliphatic rings. The highest BCUT2D eigenvalue weighted by molar-refractivity contribution is 5.81. The van der Waals surface area contributed by atoms with Crippen molar-refractivity contribution in [1.82, 2.24) is 14.9 Å². The number of fused-ring (bicyclic) bond motifs is 1. The predicted octanol–water partition coefficient (Wildman–Crippen LogP) is 3.16. The Labute approximate surface area is 165 Å². The second-order valence-corrected chi connectivity index (χ2v) is 7.15. The Hall–Kier alpha value is -3.02. The first-order valence-corrected chi connectivity index (χ1v) is 9.83. The normalized spacial score (nSPS) is 14.5. The van der Waals surface area contributed by atoms with Crippen molar-refractivity contribution in [2.24, 2.45) is 0 Å². The monoisotopic (exact) mass is 378 g/mol. The van der Waals surface area contributed by atoms with Gasteiger partial charge in [0.15, 0.2) is 0 Å². The molecule has 2 heterocycles. The van der Waals surface area contributed by atoms with Gasteiger partial charge in [0.1, 0.15) is 11.6 Å². The summed E-state index contributed by atoms with van der Waals surface area (Å²) in [6.07, 6.45) is 0.436. The molecular formula is C22H26N4O2. The molecule has 0 spiro atoms. The van der Waals surface area contributed by atoms with Gasteiger partial charge in [-0.15, -0.1) is 0 Å². The lowest BCUT2D eigenvalue weighted by molar-refractivity contribution is -0.130. The van der Waals surface area contributed by atoms with Crippen LogP contribution < -0.4 is 9.64 Å². The van der Waals surface area contributed by atoms with Crippen LogP contribution >= 0.6 is 0 Å². The molecule has 146 valence electrons. The van der Waals surface area contributed by atoms with Crippen molar-refractivity contribution in [3.05, 3.63) is 53.9 Å². The van der Waals surface area contributed by atoms with Gasteiger partial charge in [-0.25, -0.2) is 4.98 Å². The first-order chi connectivity index (χ1) is 13.6. The molecule has 1 N–H and O–H groups in total. The Balaban J connectivity index is 1.34. The molecule has 1 aliphatic heterocycles. The van der Waals surface area contributed by atoms with E-state index >= 15 is 0 Å². The van der Waals surface area contributed by atoms with Crippen LogP contribution in [0.1, 0.15) is 18.3 Å². The number of carbonyl (C=O) groups excluding carboxylic acids is 1. The minimum atomic E-state index is 0.184. The number of rotatable bonds is 5. The Morgan fingerprint density at radius 3 is 2.57 bits per heavy atom. The summed E-state index contributed by atoms with van der Waals surface area (Å²) in [5.41, 5.74) is 4.25. The van der Waals surface area contributed by atoms with Gasteiger partial charge in [-0.05, 0) is 49.7 Å². The van der Waals surface area contributed by atoms with E-state index in [-0.39, 0.29) is 5.91 Å². The molecule has 0 unspecified atom stereocenters. The van der Waals surface area contributed by atoms with Gasteiger partial charge < -0.3 is 19.5 Å². The molecular weight excluding hydrogens is 352 g/mol. The Morgan fingerprint density at radius 2 is 1.86 bits per heavy atom. The first-order valence-electron chi connectivity index (χ1n) is 9.83. The van der Waals surface area contributed by atoms with Crippen LogP contribution in [0.15, 0.2) is 42.5 Å². The molecule has 1 amide bonds. The van der Waals surface area contributed by atoms with Gasteiger partial charge in [0.25, 0.3) is 0 Å². The summed E-state index contributed by atoms with van der Waals surface area (Å²) in [4.78, 5) is 24.7. The molecule has 6 nitrogen and oxygen atoms in total. The number of hydrogen-bond acceptors (Lipinski definition) is 4. The number of imidazole rings is 1. The van der Waals surface area contributed by atoms with E-state index < -0.39 is 0 Å². The highest BCUT2D eigenvalue weighted by Crippen LogP contribution is 2.22. The Morgan fingerprint density at radius 1 is 1.11 bits per heavy atom. The van der Waals surface area contributed by atoms with E-state index in [2.05, 4.69) is 33.1 Å². The van der Waals surface area contributed by atoms with Crippen molar-refractivity contribution in [1.29, 1.82) is 0 Å². The van der Waals surface area contributed by atoms with Gasteiger partial charge in [0, 0.05) is 31.9 Å². The summed E-state index contributed by atoms with van der Waals surface area (Å²) in [5.74, 6) is 1.96. The number of ether oxygens (including phenoxy) is 1. The number of nitrogens with zero attached hydrogens (tertiary/aromatic N) is 3. The van der Waals surface area contributed by atoms with E-state index in [0.29, 0.717) is 13.0 Å². The van der Waals surface area contributed by atoms with Crippen molar-refractivity contribution in [3.8, 4) is 5.75 Å². The van der Waals surface area contributed by atoms with Crippen molar-refractivity contribution >= 4 is 22.6 Å². The van der Waals surface area contributed by atoms with Gasteiger partial charge >= 0.3 is 0 Å². The minimum absolute atomic E-state index is 0.184. The molecule has 1 aromatic heterocycles. The van der Waals surface area contributed by atoms with Gasteiger partial charge in [-0.3, -0.25) is 4.79 Å². The minimum Gasteiger partial charge on any atom is -0.494 e. The molecule has 0 bridgehead atoms. The molecule has 4 rings (SSSR count). The number of nitrogens with one attached hydrogen (secondary N) is 1. The fourth-order valence-corrected chi connectivity index (χ4v) is 3.69. The van der Waals surface area contributed by atoms with Crippen molar-refractivity contribution in [2.75, 3.05) is 37.7 Å². The van der Waals surface area contributed by atoms with E-state index in [1.54, 1.807) is 0 Å². The van der Waals surface area contributed by atoms with Crippen LogP contribution in [0.3, 0.4) is 0 Å². The summed E-state index contributed by atoms with van der Waals surface area (Å²) < 4.78 is 5.46. The Bertz CT molecular complexity index is 956. The number of benzene rings is 2. The summed E-state index contributed by atoms with van der Waals surface area (Å²) >= 11 is 0. The molecule has 2 aromatic carbocycles. The molecule has 28 heavy (non-hydrogen) atoms. The zero-order chi connectivity index (χ0) is 19.5. The van der Waals surface area contributed by atoms with Crippen LogP contribution in [0.25, 0.3) is 11.0 Å². The van der Waals surface area contributed by atoms with Gasteiger partial charge in [0.2, 0.25) is 5.91 Å². The SMILES string of the molecule is CCOc1ccc(CC(=O)N2CCN(c3ccc4nc(C)[nH]c4c3)CC2)cc1. The van der Waals surface area contributed by atoms with Crippen molar-refractivity contribution in [3.63, 3.8) is 0 Å². The second-order valence-electron chi connectivity index (χ2n) is 7.15. The second kappa shape index (κ2) is 7.92. The number of anilines is 1. The number of aromatic nitrogens is 2. The Kier molecular flexibility index (Phi) is 5.19. The highest BCUT2D eigenvalue weighted by Gasteiger charge is 2.21. The molecule has 1 saturated heterocycles. The fourth-order valence-electron chi connectivity index (χ4n) is 3.69. The number of aromatic amines is 1. The summed E-state index contributed by atoms with van der Waals surface area (Å²) in [6.45, 7) is 7.75. The van der Waals surface area contributed by atoms with Crippen LogP contribution in [-0.4, -0.2) is 53.6 Å². The number of hydrogen-bond donors (Lipinski definition) is 1. The molecule has 3 aromatic rings. The fraction of sp³-hybridized carbons (Fsp3) is 0.364. The average molecular weight is 378 g/mol. The van der Waals surface area contributed by atoms with E-state index in [4.69, 9.17) is 4.74 Å². The third kappa shape index (κ3) is 3.96. The third-order valence-corrected chi connectivity index (χ3v) is 5.17. The van der Waals surface area contributed by atoms with Gasteiger partial charge in [0.05, 0.1) is 24.1 Å². The number of amides is 1. The quantitative estimate of drug-likeness (QED) is 0.741. The number of aryl methyl sites for hydroxylation is 1. The lowest BCUT2D eigenvalue weighted by atomic mass is 10.1. The van der Waals surface area contributed by atoms with Crippen molar-refractivity contribution in [2.45, 2.75) is 20.3 Å². The lowest BCUT2D eigenvalue weighted by Crippen LogP contribution is -2.49. The lowest BCUT2D eigenvalue weighted by Gasteiger charge is -2.36. The maximum Gasteiger partial charge on any atom is 0.227 e. The van der Waals surface area contributed by atoms with Crippen LogP contribution in [0, 0.1) is 6.92 Å². The smallest absolute Gasteiger partial charge is 0.227 e. The first kappa shape index (κ1) is 18.3. The topological polar surface area (TPSA) is 61.5 Å². The molecule has 6 heteroatoms. The van der Waals surface area contributed by atoms with Crippen LogP contribution in [0.4, 0.5) is 5.69 Å². The number of piperazine rings is 1. The van der Waals surface area contributed by atoms with Crippen molar-refractivity contribution < 1.29 is 9.53 Å². The van der Waals surface area contributed by atoms with Crippen LogP contribution in [0.5, 0.6) is 5.75 Å². The summed E-state index contributed by atoms with van der Waals surface area (Å²) in [7, 11) is 0. The van der Waals surface area contributed by atoms with Gasteiger partial charge in [-0.2, -0.15) is 0 Å². The number of H-pyrrole nitrogens is 1. The zero-order valence-corrected chi connectivity index (χ0v) is 16.4. The van der Waals surface area contributed by atoms with Gasteiger partial charge in [-0.1, -0.05) is 12.1 Å². The largest absolute Gasteiger partial charge is 0.494 e. The van der Waals surface area contributed by atoms with Crippen LogP contribution in [0.2, 0.25) is 0 Å². The standard InChI is InChI=1S/C22H26N4O2/c1-3-28-19-7-4-17(5-8-19)14-22(27)26-12-10-25(11-13-26)18-6-9-20-21(15-18)24-16(2)23-20/h4-9,15H,3,10-14H2,1-2H3,(H,23,24). The molecule has 0 aliphatic carbocycles. The van der Waals surface area contributed by atoms with E-state index in [0.717, 1.165) is 54.3 Å². The van der Waals surface area contributed by atoms with E-state index in [9.17, 15) is 4.79 Å². The molecule has 1 fully saturated rings.